The van der Waals surface area contributed by atoms with E-state index in [1.807, 2.05) is 0 Å². The molecule has 0 spiro atoms. The number of hydrogen-bond acceptors (Lipinski definition) is 5. The summed E-state index contributed by atoms with van der Waals surface area (Å²) in [5.41, 5.74) is 2.14. The number of carboxylic acids is 2. The van der Waals surface area contributed by atoms with Gasteiger partial charge in [0, 0.05) is 19.5 Å². The first kappa shape index (κ1) is 32.8. The first-order valence-electron chi connectivity index (χ1n) is 16.6. The van der Waals surface area contributed by atoms with E-state index in [0.29, 0.717) is 5.41 Å². The molecule has 4 aliphatic carbocycles. The number of aliphatic carboxylic acids is 2. The zero-order chi connectivity index (χ0) is 30.7. The molecule has 3 saturated carbocycles. The van der Waals surface area contributed by atoms with E-state index in [-0.39, 0.29) is 24.6 Å². The Labute approximate surface area is 253 Å². The number of fused-ring (bicyclic) bond motifs is 5. The summed E-state index contributed by atoms with van der Waals surface area (Å²) in [4.78, 5) is 35.8. The molecule has 0 bridgehead atoms. The third-order valence-electron chi connectivity index (χ3n) is 11.9. The second kappa shape index (κ2) is 13.7. The van der Waals surface area contributed by atoms with Crippen LogP contribution >= 0.6 is 0 Å². The van der Waals surface area contributed by atoms with Crippen LogP contribution in [0.2, 0.25) is 0 Å². The van der Waals surface area contributed by atoms with E-state index >= 15 is 0 Å². The fourth-order valence-corrected chi connectivity index (χ4v) is 9.86. The van der Waals surface area contributed by atoms with E-state index < -0.39 is 31.1 Å². The van der Waals surface area contributed by atoms with E-state index in [9.17, 15) is 14.4 Å². The van der Waals surface area contributed by atoms with Crippen molar-refractivity contribution < 1.29 is 29.3 Å². The number of carbonyl (C=O) groups excluding carboxylic acids is 1. The lowest BCUT2D eigenvalue weighted by molar-refractivity contribution is -0.141. The minimum atomic E-state index is -1.10. The maximum atomic E-state index is 12.5. The second-order valence-corrected chi connectivity index (χ2v) is 15.0. The average molecular weight is 589 g/mol. The molecule has 0 radical (unpaired) electrons. The van der Waals surface area contributed by atoms with Crippen molar-refractivity contribution >= 4 is 18.0 Å². The van der Waals surface area contributed by atoms with Gasteiger partial charge in [-0.25, -0.2) is 4.79 Å². The number of amides is 1. The fraction of sp³-hybridized carbons (Fsp3) is 0.853. The van der Waals surface area contributed by atoms with Crippen LogP contribution in [0.1, 0.15) is 105 Å². The molecule has 8 nitrogen and oxygen atoms in total. The topological polar surface area (TPSA) is 116 Å². The summed E-state index contributed by atoms with van der Waals surface area (Å²) in [6, 6.07) is 0. The van der Waals surface area contributed by atoms with Crippen molar-refractivity contribution in [2.75, 3.05) is 26.2 Å². The van der Waals surface area contributed by atoms with E-state index in [0.717, 1.165) is 61.2 Å². The summed E-state index contributed by atoms with van der Waals surface area (Å²) in [6.07, 6.45) is 15.2. The molecular formula is C34H56N2O6. The molecule has 1 amide bonds. The molecule has 0 saturated heterocycles. The number of nitrogens with zero attached hydrogens (tertiary/aromatic N) is 1. The number of ether oxygens (including phenoxy) is 1. The normalized spacial score (nSPS) is 34.6. The molecule has 42 heavy (non-hydrogen) atoms. The molecule has 0 aromatic rings. The van der Waals surface area contributed by atoms with Gasteiger partial charge in [0.05, 0.1) is 13.1 Å². The summed E-state index contributed by atoms with van der Waals surface area (Å²) in [5.74, 6) is 2.58. The molecular weight excluding hydrogens is 532 g/mol. The molecule has 4 rings (SSSR count). The summed E-state index contributed by atoms with van der Waals surface area (Å²) in [7, 11) is 0. The van der Waals surface area contributed by atoms with Gasteiger partial charge >= 0.3 is 18.0 Å². The molecule has 0 aliphatic heterocycles. The van der Waals surface area contributed by atoms with Crippen molar-refractivity contribution in [1.29, 1.82) is 0 Å². The highest BCUT2D eigenvalue weighted by molar-refractivity contribution is 5.72. The Morgan fingerprint density at radius 3 is 2.38 bits per heavy atom. The van der Waals surface area contributed by atoms with Crippen molar-refractivity contribution in [1.82, 2.24) is 10.2 Å². The van der Waals surface area contributed by atoms with Crippen molar-refractivity contribution in [2.24, 2.45) is 46.3 Å². The van der Waals surface area contributed by atoms with Crippen LogP contribution in [0.5, 0.6) is 0 Å². The third kappa shape index (κ3) is 7.34. The summed E-state index contributed by atoms with van der Waals surface area (Å²) < 4.78 is 5.80. The van der Waals surface area contributed by atoms with Gasteiger partial charge in [0.2, 0.25) is 0 Å². The highest BCUT2D eigenvalue weighted by Gasteiger charge is 2.59. The molecule has 0 aromatic carbocycles. The van der Waals surface area contributed by atoms with E-state index in [4.69, 9.17) is 14.9 Å². The Bertz CT molecular complexity index is 996. The minimum Gasteiger partial charge on any atom is -0.480 e. The van der Waals surface area contributed by atoms with Gasteiger partial charge in [-0.15, -0.1) is 0 Å². The lowest BCUT2D eigenvalue weighted by Crippen LogP contribution is -2.51. The number of alkyl carbamates (subject to hydrolysis) is 1. The zero-order valence-electron chi connectivity index (χ0n) is 26.7. The van der Waals surface area contributed by atoms with Gasteiger partial charge in [-0.1, -0.05) is 65.5 Å². The van der Waals surface area contributed by atoms with Crippen LogP contribution in [0, 0.1) is 46.3 Å². The van der Waals surface area contributed by atoms with E-state index in [1.165, 1.54) is 55.4 Å². The Balaban J connectivity index is 1.31. The van der Waals surface area contributed by atoms with Crippen LogP contribution in [0.3, 0.4) is 0 Å². The van der Waals surface area contributed by atoms with Crippen molar-refractivity contribution in [3.05, 3.63) is 11.6 Å². The van der Waals surface area contributed by atoms with E-state index in [2.05, 4.69) is 46.0 Å². The monoisotopic (exact) mass is 588 g/mol. The van der Waals surface area contributed by atoms with Gasteiger partial charge in [0.1, 0.15) is 6.10 Å². The minimum absolute atomic E-state index is 0.127. The largest absolute Gasteiger partial charge is 0.480 e. The first-order chi connectivity index (χ1) is 19.8. The van der Waals surface area contributed by atoms with Crippen molar-refractivity contribution in [3.8, 4) is 0 Å². The molecule has 0 aromatic heterocycles. The lowest BCUT2D eigenvalue weighted by Gasteiger charge is -2.58. The molecule has 238 valence electrons. The zero-order valence-corrected chi connectivity index (χ0v) is 26.7. The number of rotatable bonds is 13. The SMILES string of the molecule is CC(C)CCC[C@@H](C)[C@H]1CC[C@H]2[C@@H]3CC=C4C[C@@H](OC(=O)NCCN(CC(=O)O)CC(=O)O)CC[C@]4(C)[C@H]3CC[C@]12C. The van der Waals surface area contributed by atoms with Crippen LogP contribution in [0.25, 0.3) is 0 Å². The number of carbonyl (C=O) groups is 3. The first-order valence-corrected chi connectivity index (χ1v) is 16.6. The van der Waals surface area contributed by atoms with Crippen LogP contribution in [-0.2, 0) is 14.3 Å². The number of carboxylic acid groups (broad SMARTS) is 2. The van der Waals surface area contributed by atoms with Gasteiger partial charge < -0.3 is 20.3 Å². The molecule has 8 heteroatoms. The number of hydrogen-bond donors (Lipinski definition) is 3. The Kier molecular flexibility index (Phi) is 10.7. The Morgan fingerprint density at radius 1 is 1.00 bits per heavy atom. The standard InChI is InChI=1S/C34H56N2O6/c1-22(2)7-6-8-23(3)27-11-12-28-26-10-9-24-19-25(13-15-33(24,4)29(26)14-16-34(27,28)5)42-32(41)35-17-18-36(20-30(37)38)21-31(39)40/h9,22-23,25-29H,6-8,10-21H2,1-5H3,(H,35,41)(H,37,38)(H,39,40)/t23-,25+,26+,27-,28+,29+,33+,34-/m1/s1. The number of nitrogens with one attached hydrogen (secondary N) is 1. The fourth-order valence-electron chi connectivity index (χ4n) is 9.86. The molecule has 4 aliphatic rings. The quantitative estimate of drug-likeness (QED) is 0.208. The molecule has 3 N–H and O–H groups in total. The van der Waals surface area contributed by atoms with Gasteiger partial charge in [-0.3, -0.25) is 14.5 Å². The highest BCUT2D eigenvalue weighted by atomic mass is 16.6. The van der Waals surface area contributed by atoms with Crippen LogP contribution in [0.15, 0.2) is 11.6 Å². The Morgan fingerprint density at radius 2 is 1.71 bits per heavy atom. The Hall–Kier alpha value is -2.09. The lowest BCUT2D eigenvalue weighted by atomic mass is 9.47. The van der Waals surface area contributed by atoms with Gasteiger partial charge in [0.25, 0.3) is 0 Å². The maximum absolute atomic E-state index is 12.5. The van der Waals surface area contributed by atoms with Gasteiger partial charge in [-0.2, -0.15) is 0 Å². The predicted octanol–water partition coefficient (Wildman–Crippen LogP) is 6.59. The molecule has 3 fully saturated rings. The smallest absolute Gasteiger partial charge is 0.407 e. The predicted molar refractivity (Wildman–Crippen MR) is 163 cm³/mol. The molecule has 0 unspecified atom stereocenters. The summed E-state index contributed by atoms with van der Waals surface area (Å²) in [6.45, 7) is 11.8. The third-order valence-corrected chi connectivity index (χ3v) is 11.9. The van der Waals surface area contributed by atoms with Crippen molar-refractivity contribution in [2.45, 2.75) is 111 Å². The molecule has 0 heterocycles. The number of allylic oxidation sites excluding steroid dienone is 1. The van der Waals surface area contributed by atoms with Gasteiger partial charge in [0.15, 0.2) is 0 Å². The summed E-state index contributed by atoms with van der Waals surface area (Å²) >= 11 is 0. The molecule has 8 atom stereocenters. The van der Waals surface area contributed by atoms with Crippen LogP contribution in [-0.4, -0.2) is 65.4 Å². The summed E-state index contributed by atoms with van der Waals surface area (Å²) in [5, 5.41) is 20.7. The van der Waals surface area contributed by atoms with Crippen LogP contribution in [0.4, 0.5) is 4.79 Å². The second-order valence-electron chi connectivity index (χ2n) is 15.0. The van der Waals surface area contributed by atoms with Crippen molar-refractivity contribution in [3.63, 3.8) is 0 Å². The maximum Gasteiger partial charge on any atom is 0.407 e. The van der Waals surface area contributed by atoms with E-state index in [1.54, 1.807) is 0 Å². The van der Waals surface area contributed by atoms with Crippen LogP contribution < -0.4 is 5.32 Å². The highest BCUT2D eigenvalue weighted by Crippen LogP contribution is 2.67. The van der Waals surface area contributed by atoms with Gasteiger partial charge in [-0.05, 0) is 91.3 Å². The average Bonchev–Trinajstić information content (AvgIpc) is 3.25.